The van der Waals surface area contributed by atoms with Crippen LogP contribution >= 0.6 is 11.3 Å². The SMILES string of the molecule is Cc1csc(-c2nc(C)oc2CCC(=O)O)c1. The molecule has 90 valence electrons. The molecule has 0 aliphatic heterocycles. The first-order chi connectivity index (χ1) is 8.06. The molecule has 0 amide bonds. The van der Waals surface area contributed by atoms with Crippen LogP contribution in [0.25, 0.3) is 10.6 Å². The van der Waals surface area contributed by atoms with E-state index in [1.54, 1.807) is 18.3 Å². The first-order valence-electron chi connectivity index (χ1n) is 5.30. The lowest BCUT2D eigenvalue weighted by Crippen LogP contribution is -1.97. The second kappa shape index (κ2) is 4.71. The van der Waals surface area contributed by atoms with E-state index in [0.717, 1.165) is 10.6 Å². The molecule has 0 bridgehead atoms. The largest absolute Gasteiger partial charge is 0.481 e. The summed E-state index contributed by atoms with van der Waals surface area (Å²) in [5.41, 5.74) is 1.96. The van der Waals surface area contributed by atoms with Crippen LogP contribution in [0.1, 0.15) is 23.6 Å². The molecule has 2 rings (SSSR count). The molecule has 0 aliphatic carbocycles. The molecule has 5 heteroatoms. The van der Waals surface area contributed by atoms with E-state index < -0.39 is 5.97 Å². The summed E-state index contributed by atoms with van der Waals surface area (Å²) in [6.45, 7) is 3.79. The Bertz CT molecular complexity index is 542. The fourth-order valence-electron chi connectivity index (χ4n) is 1.61. The molecule has 0 aromatic carbocycles. The minimum absolute atomic E-state index is 0.0615. The van der Waals surface area contributed by atoms with E-state index in [0.29, 0.717) is 18.1 Å². The Hall–Kier alpha value is -1.62. The Morgan fingerprint density at radius 1 is 1.53 bits per heavy atom. The minimum Gasteiger partial charge on any atom is -0.481 e. The van der Waals surface area contributed by atoms with Crippen LogP contribution in [0.4, 0.5) is 0 Å². The molecule has 0 saturated heterocycles. The summed E-state index contributed by atoms with van der Waals surface area (Å²) in [4.78, 5) is 15.9. The molecule has 2 aromatic rings. The highest BCUT2D eigenvalue weighted by molar-refractivity contribution is 7.13. The van der Waals surface area contributed by atoms with E-state index in [9.17, 15) is 4.79 Å². The molecule has 17 heavy (non-hydrogen) atoms. The van der Waals surface area contributed by atoms with Gasteiger partial charge in [0.2, 0.25) is 0 Å². The zero-order valence-electron chi connectivity index (χ0n) is 9.69. The van der Waals surface area contributed by atoms with Gasteiger partial charge in [0.1, 0.15) is 11.5 Å². The maximum absolute atomic E-state index is 10.6. The van der Waals surface area contributed by atoms with Gasteiger partial charge in [-0.3, -0.25) is 4.79 Å². The van der Waals surface area contributed by atoms with Crippen LogP contribution in [0.5, 0.6) is 0 Å². The van der Waals surface area contributed by atoms with Gasteiger partial charge in [0.25, 0.3) is 0 Å². The molecular formula is C12H13NO3S. The van der Waals surface area contributed by atoms with E-state index >= 15 is 0 Å². The molecule has 0 unspecified atom stereocenters. The fraction of sp³-hybridized carbons (Fsp3) is 0.333. The number of carbonyl (C=O) groups is 1. The number of aliphatic carboxylic acids is 1. The van der Waals surface area contributed by atoms with Crippen molar-refractivity contribution in [3.8, 4) is 10.6 Å². The van der Waals surface area contributed by atoms with E-state index in [2.05, 4.69) is 4.98 Å². The van der Waals surface area contributed by atoms with Crippen molar-refractivity contribution in [1.82, 2.24) is 4.98 Å². The van der Waals surface area contributed by atoms with Gasteiger partial charge in [0.15, 0.2) is 5.89 Å². The van der Waals surface area contributed by atoms with E-state index in [1.807, 2.05) is 18.4 Å². The molecule has 0 radical (unpaired) electrons. The molecule has 2 heterocycles. The summed E-state index contributed by atoms with van der Waals surface area (Å²) in [5.74, 6) is 0.408. The highest BCUT2D eigenvalue weighted by Gasteiger charge is 2.15. The van der Waals surface area contributed by atoms with Gasteiger partial charge in [-0.15, -0.1) is 11.3 Å². The van der Waals surface area contributed by atoms with Crippen molar-refractivity contribution < 1.29 is 14.3 Å². The van der Waals surface area contributed by atoms with Crippen molar-refractivity contribution in [2.24, 2.45) is 0 Å². The number of rotatable bonds is 4. The van der Waals surface area contributed by atoms with Crippen LogP contribution in [0.2, 0.25) is 0 Å². The average molecular weight is 251 g/mol. The van der Waals surface area contributed by atoms with Gasteiger partial charge in [-0.2, -0.15) is 0 Å². The van der Waals surface area contributed by atoms with Crippen molar-refractivity contribution >= 4 is 17.3 Å². The highest BCUT2D eigenvalue weighted by Crippen LogP contribution is 2.30. The Morgan fingerprint density at radius 3 is 2.88 bits per heavy atom. The molecule has 0 spiro atoms. The number of oxazole rings is 1. The summed E-state index contributed by atoms with van der Waals surface area (Å²) in [5, 5.41) is 10.7. The van der Waals surface area contributed by atoms with Crippen LogP contribution in [0.15, 0.2) is 15.9 Å². The predicted octanol–water partition coefficient (Wildman–Crippen LogP) is 3.04. The summed E-state index contributed by atoms with van der Waals surface area (Å²) in [6, 6.07) is 2.03. The number of thiophene rings is 1. The standard InChI is InChI=1S/C12H13NO3S/c1-7-5-10(17-6-7)12-9(3-4-11(14)15)16-8(2)13-12/h5-6H,3-4H2,1-2H3,(H,14,15). The topological polar surface area (TPSA) is 63.3 Å². The first kappa shape index (κ1) is 11.9. The third-order valence-corrected chi connectivity index (χ3v) is 3.39. The van der Waals surface area contributed by atoms with Crippen LogP contribution in [0, 0.1) is 13.8 Å². The van der Waals surface area contributed by atoms with Gasteiger partial charge in [0, 0.05) is 13.3 Å². The van der Waals surface area contributed by atoms with Crippen molar-refractivity contribution in [1.29, 1.82) is 0 Å². The summed E-state index contributed by atoms with van der Waals surface area (Å²) in [6.07, 6.45) is 0.439. The van der Waals surface area contributed by atoms with Crippen LogP contribution < -0.4 is 0 Å². The van der Waals surface area contributed by atoms with Crippen molar-refractivity contribution in [2.45, 2.75) is 26.7 Å². The fourth-order valence-corrected chi connectivity index (χ4v) is 2.51. The van der Waals surface area contributed by atoms with Gasteiger partial charge >= 0.3 is 5.97 Å². The zero-order valence-corrected chi connectivity index (χ0v) is 10.5. The molecule has 1 N–H and O–H groups in total. The van der Waals surface area contributed by atoms with Gasteiger partial charge in [0.05, 0.1) is 11.3 Å². The maximum atomic E-state index is 10.6. The molecular weight excluding hydrogens is 238 g/mol. The molecule has 4 nitrogen and oxygen atoms in total. The summed E-state index contributed by atoms with van der Waals surface area (Å²) < 4.78 is 5.46. The highest BCUT2D eigenvalue weighted by atomic mass is 32.1. The first-order valence-corrected chi connectivity index (χ1v) is 6.18. The van der Waals surface area contributed by atoms with E-state index in [1.165, 1.54) is 5.56 Å². The summed E-state index contributed by atoms with van der Waals surface area (Å²) in [7, 11) is 0. The van der Waals surface area contributed by atoms with Crippen LogP contribution in [0.3, 0.4) is 0 Å². The number of nitrogens with zero attached hydrogens (tertiary/aromatic N) is 1. The Kier molecular flexibility index (Phi) is 3.28. The van der Waals surface area contributed by atoms with E-state index in [4.69, 9.17) is 9.52 Å². The second-order valence-corrected chi connectivity index (χ2v) is 4.80. The lowest BCUT2D eigenvalue weighted by Gasteiger charge is -1.96. The minimum atomic E-state index is -0.827. The Labute approximate surface area is 103 Å². The number of carboxylic acid groups (broad SMARTS) is 1. The van der Waals surface area contributed by atoms with Gasteiger partial charge in [-0.05, 0) is 23.9 Å². The number of aromatic nitrogens is 1. The smallest absolute Gasteiger partial charge is 0.303 e. The molecule has 0 fully saturated rings. The predicted molar refractivity (Wildman–Crippen MR) is 65.2 cm³/mol. The van der Waals surface area contributed by atoms with E-state index in [-0.39, 0.29) is 6.42 Å². The van der Waals surface area contributed by atoms with Crippen molar-refractivity contribution in [3.05, 3.63) is 28.7 Å². The number of aryl methyl sites for hydroxylation is 3. The van der Waals surface area contributed by atoms with Crippen LogP contribution in [-0.2, 0) is 11.2 Å². The number of carboxylic acids is 1. The zero-order chi connectivity index (χ0) is 12.4. The lowest BCUT2D eigenvalue weighted by atomic mass is 10.2. The average Bonchev–Trinajstić information content (AvgIpc) is 2.81. The summed E-state index contributed by atoms with van der Waals surface area (Å²) >= 11 is 1.59. The molecule has 0 aliphatic rings. The van der Waals surface area contributed by atoms with Gasteiger partial charge < -0.3 is 9.52 Å². The maximum Gasteiger partial charge on any atom is 0.303 e. The number of hydrogen-bond acceptors (Lipinski definition) is 4. The third kappa shape index (κ3) is 2.74. The Balaban J connectivity index is 2.30. The Morgan fingerprint density at radius 2 is 2.29 bits per heavy atom. The number of hydrogen-bond donors (Lipinski definition) is 1. The third-order valence-electron chi connectivity index (χ3n) is 2.33. The molecule has 0 saturated carbocycles. The van der Waals surface area contributed by atoms with Gasteiger partial charge in [-0.25, -0.2) is 4.98 Å². The monoisotopic (exact) mass is 251 g/mol. The normalized spacial score (nSPS) is 10.7. The van der Waals surface area contributed by atoms with Crippen LogP contribution in [-0.4, -0.2) is 16.1 Å². The van der Waals surface area contributed by atoms with Crippen molar-refractivity contribution in [3.63, 3.8) is 0 Å². The van der Waals surface area contributed by atoms with Gasteiger partial charge in [-0.1, -0.05) is 0 Å². The molecule has 0 atom stereocenters. The second-order valence-electron chi connectivity index (χ2n) is 3.89. The lowest BCUT2D eigenvalue weighted by molar-refractivity contribution is -0.137. The van der Waals surface area contributed by atoms with Crippen molar-refractivity contribution in [2.75, 3.05) is 0 Å². The molecule has 2 aromatic heterocycles. The quantitative estimate of drug-likeness (QED) is 0.907.